The Morgan fingerprint density at radius 1 is 1.33 bits per heavy atom. The first-order chi connectivity index (χ1) is 4.18. The lowest BCUT2D eigenvalue weighted by Crippen LogP contribution is -1.69. The number of benzene rings is 1. The molecular weight excluding hydrogens is 136 g/mol. The van der Waals surface area contributed by atoms with Gasteiger partial charge in [0.15, 0.2) is 5.75 Å². The van der Waals surface area contributed by atoms with Gasteiger partial charge < -0.3 is 0 Å². The molecule has 0 heterocycles. The van der Waals surface area contributed by atoms with Crippen LogP contribution in [0.2, 0.25) is 5.02 Å². The first kappa shape index (κ1) is 6.43. The summed E-state index contributed by atoms with van der Waals surface area (Å²) in [5, 5.41) is 11.1. The molecule has 1 aromatic carbocycles. The Hall–Kier alpha value is -0.690. The van der Waals surface area contributed by atoms with Crippen molar-refractivity contribution in [1.82, 2.24) is 0 Å². The number of hydrogen-bond donors (Lipinski definition) is 0. The van der Waals surface area contributed by atoms with E-state index in [2.05, 4.69) is 0 Å². The van der Waals surface area contributed by atoms with Crippen molar-refractivity contribution in [3.8, 4) is 5.75 Å². The fourth-order valence-electron chi connectivity index (χ4n) is 0.703. The van der Waals surface area contributed by atoms with E-state index in [0.29, 0.717) is 5.02 Å². The third-order valence-electron chi connectivity index (χ3n) is 1.02. The molecule has 1 aromatic rings. The molecule has 0 saturated heterocycles. The highest BCUT2D eigenvalue weighted by molar-refractivity contribution is 6.30. The lowest BCUT2D eigenvalue weighted by atomic mass is 10.2. The number of aryl methyl sites for hydroxylation is 1. The molecule has 0 saturated carbocycles. The third kappa shape index (κ3) is 1.61. The molecule has 0 bridgehead atoms. The van der Waals surface area contributed by atoms with Crippen LogP contribution in [0.1, 0.15) is 5.56 Å². The van der Waals surface area contributed by atoms with Crippen molar-refractivity contribution in [3.05, 3.63) is 28.8 Å². The summed E-state index contributed by atoms with van der Waals surface area (Å²) in [7, 11) is 0. The van der Waals surface area contributed by atoms with Gasteiger partial charge in [-0.25, -0.2) is 0 Å². The average molecular weight is 142 g/mol. The predicted octanol–water partition coefficient (Wildman–Crippen LogP) is 2.79. The zero-order valence-corrected chi connectivity index (χ0v) is 5.77. The van der Waals surface area contributed by atoms with Gasteiger partial charge in [-0.15, -0.1) is 0 Å². The van der Waals surface area contributed by atoms with Gasteiger partial charge in [0.25, 0.3) is 0 Å². The standard InChI is InChI=1S/C7H6ClO/c1-5-2-6(8)4-7(9)3-5/h2-4H,1H3. The SMILES string of the molecule is Cc1cc([O])cc(Cl)c1. The normalized spacial score (nSPS) is 9.56. The van der Waals surface area contributed by atoms with E-state index in [1.807, 2.05) is 6.92 Å². The minimum Gasteiger partial charge on any atom is -0.290 e. The van der Waals surface area contributed by atoms with Crippen molar-refractivity contribution in [1.29, 1.82) is 0 Å². The van der Waals surface area contributed by atoms with E-state index in [1.54, 1.807) is 12.1 Å². The smallest absolute Gasteiger partial charge is 0.180 e. The topological polar surface area (TPSA) is 19.9 Å². The minimum absolute atomic E-state index is 0.0278. The van der Waals surface area contributed by atoms with Gasteiger partial charge in [0, 0.05) is 11.1 Å². The first-order valence-electron chi connectivity index (χ1n) is 2.63. The Morgan fingerprint density at radius 3 is 2.44 bits per heavy atom. The van der Waals surface area contributed by atoms with Crippen LogP contribution in [0.3, 0.4) is 0 Å². The van der Waals surface area contributed by atoms with Gasteiger partial charge in [0.05, 0.1) is 0 Å². The van der Waals surface area contributed by atoms with Crippen LogP contribution >= 0.6 is 11.6 Å². The molecule has 1 nitrogen and oxygen atoms in total. The molecule has 0 N–H and O–H groups in total. The van der Waals surface area contributed by atoms with Crippen molar-refractivity contribution in [3.63, 3.8) is 0 Å². The van der Waals surface area contributed by atoms with E-state index >= 15 is 0 Å². The Kier molecular flexibility index (Phi) is 1.63. The molecule has 0 fully saturated rings. The molecule has 0 spiro atoms. The number of halogens is 1. The largest absolute Gasteiger partial charge is 0.290 e. The second kappa shape index (κ2) is 2.28. The molecule has 0 aliphatic heterocycles. The van der Waals surface area contributed by atoms with Gasteiger partial charge >= 0.3 is 0 Å². The van der Waals surface area contributed by atoms with Crippen LogP contribution in [-0.4, -0.2) is 0 Å². The van der Waals surface area contributed by atoms with Crippen molar-refractivity contribution >= 4 is 11.6 Å². The summed E-state index contributed by atoms with van der Waals surface area (Å²) in [5.41, 5.74) is 0.910. The Balaban J connectivity index is 3.17. The van der Waals surface area contributed by atoms with Crippen molar-refractivity contribution < 1.29 is 5.11 Å². The maximum absolute atomic E-state index is 10.6. The summed E-state index contributed by atoms with van der Waals surface area (Å²) in [6, 6.07) is 4.70. The summed E-state index contributed by atoms with van der Waals surface area (Å²) in [6.45, 7) is 1.84. The van der Waals surface area contributed by atoms with Gasteiger partial charge in [-0.1, -0.05) is 11.6 Å². The van der Waals surface area contributed by atoms with E-state index in [1.165, 1.54) is 6.07 Å². The second-order valence-corrected chi connectivity index (χ2v) is 2.40. The van der Waals surface area contributed by atoms with Crippen LogP contribution in [0.15, 0.2) is 18.2 Å². The molecular formula is C7H6ClO. The molecule has 47 valence electrons. The summed E-state index contributed by atoms with van der Waals surface area (Å²) in [6.07, 6.45) is 0. The lowest BCUT2D eigenvalue weighted by molar-refractivity contribution is 0.354. The fraction of sp³-hybridized carbons (Fsp3) is 0.143. The van der Waals surface area contributed by atoms with Crippen LogP contribution in [0.25, 0.3) is 0 Å². The van der Waals surface area contributed by atoms with Gasteiger partial charge in [-0.2, -0.15) is 0 Å². The predicted molar refractivity (Wildman–Crippen MR) is 36.3 cm³/mol. The summed E-state index contributed by atoms with van der Waals surface area (Å²) < 4.78 is 0. The molecule has 0 aromatic heterocycles. The van der Waals surface area contributed by atoms with Gasteiger partial charge in [-0.3, -0.25) is 5.11 Å². The van der Waals surface area contributed by atoms with Crippen LogP contribution in [-0.2, 0) is 5.11 Å². The monoisotopic (exact) mass is 141 g/mol. The van der Waals surface area contributed by atoms with Gasteiger partial charge in [0.1, 0.15) is 0 Å². The summed E-state index contributed by atoms with van der Waals surface area (Å²) >= 11 is 5.55. The second-order valence-electron chi connectivity index (χ2n) is 1.96. The Bertz CT molecular complexity index is 170. The summed E-state index contributed by atoms with van der Waals surface area (Å²) in [4.78, 5) is 0. The highest BCUT2D eigenvalue weighted by atomic mass is 35.5. The molecule has 0 amide bonds. The average Bonchev–Trinajstić information content (AvgIpc) is 1.59. The van der Waals surface area contributed by atoms with Crippen LogP contribution in [0.4, 0.5) is 0 Å². The maximum Gasteiger partial charge on any atom is 0.180 e. The lowest BCUT2D eigenvalue weighted by Gasteiger charge is -1.91. The molecule has 1 rings (SSSR count). The number of hydrogen-bond acceptors (Lipinski definition) is 0. The van der Waals surface area contributed by atoms with Crippen LogP contribution in [0.5, 0.6) is 5.75 Å². The van der Waals surface area contributed by atoms with Gasteiger partial charge in [0.2, 0.25) is 0 Å². The van der Waals surface area contributed by atoms with Crippen molar-refractivity contribution in [2.24, 2.45) is 0 Å². The van der Waals surface area contributed by atoms with E-state index in [0.717, 1.165) is 5.56 Å². The molecule has 1 radical (unpaired) electrons. The van der Waals surface area contributed by atoms with Crippen molar-refractivity contribution in [2.45, 2.75) is 6.92 Å². The van der Waals surface area contributed by atoms with E-state index in [9.17, 15) is 5.11 Å². The molecule has 0 aliphatic carbocycles. The molecule has 0 unspecified atom stereocenters. The molecule has 2 heteroatoms. The third-order valence-corrected chi connectivity index (χ3v) is 1.23. The van der Waals surface area contributed by atoms with Crippen molar-refractivity contribution in [2.75, 3.05) is 0 Å². The zero-order chi connectivity index (χ0) is 6.85. The summed E-state index contributed by atoms with van der Waals surface area (Å²) in [5.74, 6) is -0.0278. The molecule has 9 heavy (non-hydrogen) atoms. The van der Waals surface area contributed by atoms with E-state index in [4.69, 9.17) is 11.6 Å². The molecule has 0 aliphatic rings. The fourth-order valence-corrected chi connectivity index (χ4v) is 0.982. The maximum atomic E-state index is 10.6. The zero-order valence-electron chi connectivity index (χ0n) is 5.02. The van der Waals surface area contributed by atoms with Crippen LogP contribution < -0.4 is 0 Å². The highest BCUT2D eigenvalue weighted by Gasteiger charge is 1.93. The highest BCUT2D eigenvalue weighted by Crippen LogP contribution is 2.18. The quantitative estimate of drug-likeness (QED) is 0.530. The van der Waals surface area contributed by atoms with Crippen LogP contribution in [0, 0.1) is 6.92 Å². The number of rotatable bonds is 0. The minimum atomic E-state index is -0.0278. The molecule has 0 atom stereocenters. The van der Waals surface area contributed by atoms with E-state index < -0.39 is 0 Å². The van der Waals surface area contributed by atoms with E-state index in [-0.39, 0.29) is 5.75 Å². The Labute approximate surface area is 58.9 Å². The Morgan fingerprint density at radius 2 is 2.00 bits per heavy atom. The first-order valence-corrected chi connectivity index (χ1v) is 3.00. The van der Waals surface area contributed by atoms with Gasteiger partial charge in [-0.05, 0) is 24.6 Å².